The second-order valence-corrected chi connectivity index (χ2v) is 5.07. The lowest BCUT2D eigenvalue weighted by Crippen LogP contribution is -2.55. The Kier molecular flexibility index (Phi) is 7.36. The lowest BCUT2D eigenvalue weighted by Gasteiger charge is -2.22. The van der Waals surface area contributed by atoms with Gasteiger partial charge in [0.2, 0.25) is 17.7 Å². The molecule has 9 nitrogen and oxygen atoms in total. The third-order valence-corrected chi connectivity index (χ3v) is 2.79. The minimum Gasteiger partial charge on any atom is -0.480 e. The van der Waals surface area contributed by atoms with Gasteiger partial charge in [-0.25, -0.2) is 0 Å². The second kappa shape index (κ2) is 8.20. The van der Waals surface area contributed by atoms with Gasteiger partial charge >= 0.3 is 5.97 Å². The summed E-state index contributed by atoms with van der Waals surface area (Å²) in [5.74, 6) is -3.65. The number of carboxylic acids is 1. The zero-order chi connectivity index (χ0) is 16.7. The third kappa shape index (κ3) is 6.70. The summed E-state index contributed by atoms with van der Waals surface area (Å²) in [5.41, 5.74) is 10.7. The van der Waals surface area contributed by atoms with Crippen LogP contribution in [-0.2, 0) is 19.2 Å². The highest BCUT2D eigenvalue weighted by Crippen LogP contribution is 2.01. The van der Waals surface area contributed by atoms with Crippen LogP contribution in [0, 0.1) is 5.92 Å². The molecule has 0 heterocycles. The number of nitrogens with one attached hydrogen (secondary N) is 2. The molecule has 0 aliphatic carbocycles. The van der Waals surface area contributed by atoms with Gasteiger partial charge in [0.05, 0.1) is 12.5 Å². The summed E-state index contributed by atoms with van der Waals surface area (Å²) < 4.78 is 0. The summed E-state index contributed by atoms with van der Waals surface area (Å²) in [5, 5.41) is 13.2. The van der Waals surface area contributed by atoms with E-state index in [-0.39, 0.29) is 5.92 Å². The first-order valence-electron chi connectivity index (χ1n) is 6.43. The van der Waals surface area contributed by atoms with Crippen molar-refractivity contribution in [2.45, 2.75) is 45.3 Å². The fourth-order valence-electron chi connectivity index (χ4n) is 1.36. The molecule has 0 spiro atoms. The Labute approximate surface area is 122 Å². The smallest absolute Gasteiger partial charge is 0.325 e. The van der Waals surface area contributed by atoms with Crippen LogP contribution < -0.4 is 22.1 Å². The lowest BCUT2D eigenvalue weighted by atomic mass is 10.0. The Morgan fingerprint density at radius 2 is 1.57 bits per heavy atom. The summed E-state index contributed by atoms with van der Waals surface area (Å²) in [6, 6.07) is -3.28. The van der Waals surface area contributed by atoms with Crippen LogP contribution in [0.5, 0.6) is 0 Å². The number of hydrogen-bond acceptors (Lipinski definition) is 5. The first-order valence-corrected chi connectivity index (χ1v) is 6.43. The van der Waals surface area contributed by atoms with E-state index in [1.165, 1.54) is 6.92 Å². The number of hydrogen-bond donors (Lipinski definition) is 5. The number of carbonyl (C=O) groups excluding carboxylic acids is 3. The molecule has 0 bridgehead atoms. The Bertz CT molecular complexity index is 424. The quantitative estimate of drug-likeness (QED) is 0.345. The first-order chi connectivity index (χ1) is 9.56. The van der Waals surface area contributed by atoms with Crippen molar-refractivity contribution in [3.8, 4) is 0 Å². The van der Waals surface area contributed by atoms with E-state index in [0.717, 1.165) is 0 Å². The zero-order valence-corrected chi connectivity index (χ0v) is 12.3. The molecule has 0 aliphatic rings. The summed E-state index contributed by atoms with van der Waals surface area (Å²) in [6.45, 7) is 4.70. The predicted octanol–water partition coefficient (Wildman–Crippen LogP) is -2.08. The van der Waals surface area contributed by atoms with Crippen molar-refractivity contribution in [1.29, 1.82) is 0 Å². The summed E-state index contributed by atoms with van der Waals surface area (Å²) >= 11 is 0. The van der Waals surface area contributed by atoms with Gasteiger partial charge in [-0.2, -0.15) is 0 Å². The molecule has 3 atom stereocenters. The van der Waals surface area contributed by atoms with Gasteiger partial charge in [-0.15, -0.1) is 0 Å². The van der Waals surface area contributed by atoms with Gasteiger partial charge in [0.1, 0.15) is 12.1 Å². The summed E-state index contributed by atoms with van der Waals surface area (Å²) in [6.07, 6.45) is -0.450. The van der Waals surface area contributed by atoms with Gasteiger partial charge in [0.15, 0.2) is 0 Å². The van der Waals surface area contributed by atoms with Crippen LogP contribution >= 0.6 is 0 Å². The lowest BCUT2D eigenvalue weighted by molar-refractivity contribution is -0.141. The Balaban J connectivity index is 4.87. The molecule has 0 fully saturated rings. The van der Waals surface area contributed by atoms with Gasteiger partial charge in [0, 0.05) is 0 Å². The number of carboxylic acid groups (broad SMARTS) is 1. The molecule has 0 aromatic rings. The molecule has 3 amide bonds. The van der Waals surface area contributed by atoms with E-state index in [1.54, 1.807) is 13.8 Å². The topological polar surface area (TPSA) is 165 Å². The Morgan fingerprint density at radius 3 is 1.95 bits per heavy atom. The molecule has 0 aromatic heterocycles. The molecular formula is C12H22N4O5. The van der Waals surface area contributed by atoms with Crippen molar-refractivity contribution in [3.63, 3.8) is 0 Å². The molecule has 9 heteroatoms. The number of rotatable bonds is 8. The maximum absolute atomic E-state index is 11.9. The monoisotopic (exact) mass is 302 g/mol. The Hall–Kier alpha value is -2.16. The molecule has 0 rings (SSSR count). The van der Waals surface area contributed by atoms with Crippen molar-refractivity contribution in [2.24, 2.45) is 17.4 Å². The standard InChI is InChI=1S/C12H22N4O5/c1-5(2)9(14)11(19)16-7(4-8(13)17)10(18)15-6(3)12(20)21/h5-7,9H,4,14H2,1-3H3,(H2,13,17)(H,15,18)(H,16,19)(H,20,21)/t6-,7-,9-/m0/s1. The van der Waals surface area contributed by atoms with Gasteiger partial charge in [-0.3, -0.25) is 19.2 Å². The third-order valence-electron chi connectivity index (χ3n) is 2.79. The molecule has 7 N–H and O–H groups in total. The maximum atomic E-state index is 11.9. The Morgan fingerprint density at radius 1 is 1.05 bits per heavy atom. The van der Waals surface area contributed by atoms with Crippen molar-refractivity contribution >= 4 is 23.7 Å². The number of carbonyl (C=O) groups is 4. The molecule has 120 valence electrons. The van der Waals surface area contributed by atoms with Gasteiger partial charge in [-0.05, 0) is 12.8 Å². The second-order valence-electron chi connectivity index (χ2n) is 5.07. The van der Waals surface area contributed by atoms with Crippen LogP contribution in [0.1, 0.15) is 27.2 Å². The zero-order valence-electron chi connectivity index (χ0n) is 12.3. The van der Waals surface area contributed by atoms with E-state index in [9.17, 15) is 19.2 Å². The highest BCUT2D eigenvalue weighted by atomic mass is 16.4. The van der Waals surface area contributed by atoms with E-state index in [0.29, 0.717) is 0 Å². The van der Waals surface area contributed by atoms with Gasteiger partial charge in [0.25, 0.3) is 0 Å². The first kappa shape index (κ1) is 18.8. The summed E-state index contributed by atoms with van der Waals surface area (Å²) in [7, 11) is 0. The highest BCUT2D eigenvalue weighted by molar-refractivity contribution is 5.94. The molecule has 0 aliphatic heterocycles. The number of primary amides is 1. The van der Waals surface area contributed by atoms with Crippen molar-refractivity contribution in [1.82, 2.24) is 10.6 Å². The minimum absolute atomic E-state index is 0.166. The molecule has 0 saturated carbocycles. The normalized spacial score (nSPS) is 14.9. The molecule has 0 radical (unpaired) electrons. The highest BCUT2D eigenvalue weighted by Gasteiger charge is 2.28. The van der Waals surface area contributed by atoms with E-state index < -0.39 is 48.2 Å². The predicted molar refractivity (Wildman–Crippen MR) is 73.8 cm³/mol. The van der Waals surface area contributed by atoms with Crippen molar-refractivity contribution in [2.75, 3.05) is 0 Å². The minimum atomic E-state index is -1.26. The SMILES string of the molecule is CC(C)[C@H](N)C(=O)N[C@@H](CC(N)=O)C(=O)N[C@@H](C)C(=O)O. The van der Waals surface area contributed by atoms with Gasteiger partial charge in [-0.1, -0.05) is 13.8 Å². The van der Waals surface area contributed by atoms with Crippen molar-refractivity contribution < 1.29 is 24.3 Å². The molecular weight excluding hydrogens is 280 g/mol. The van der Waals surface area contributed by atoms with Gasteiger partial charge < -0.3 is 27.2 Å². The van der Waals surface area contributed by atoms with Crippen LogP contribution in [0.2, 0.25) is 0 Å². The molecule has 0 saturated heterocycles. The fraction of sp³-hybridized carbons (Fsp3) is 0.667. The van der Waals surface area contributed by atoms with Crippen LogP contribution in [0.4, 0.5) is 0 Å². The van der Waals surface area contributed by atoms with Crippen LogP contribution in [-0.4, -0.2) is 46.9 Å². The van der Waals surface area contributed by atoms with E-state index >= 15 is 0 Å². The number of nitrogens with two attached hydrogens (primary N) is 2. The van der Waals surface area contributed by atoms with Crippen molar-refractivity contribution in [3.05, 3.63) is 0 Å². The van der Waals surface area contributed by atoms with Crippen LogP contribution in [0.25, 0.3) is 0 Å². The largest absolute Gasteiger partial charge is 0.480 e. The van der Waals surface area contributed by atoms with Crippen LogP contribution in [0.15, 0.2) is 0 Å². The molecule has 0 unspecified atom stereocenters. The maximum Gasteiger partial charge on any atom is 0.325 e. The average molecular weight is 302 g/mol. The van der Waals surface area contributed by atoms with Crippen LogP contribution in [0.3, 0.4) is 0 Å². The van der Waals surface area contributed by atoms with E-state index in [2.05, 4.69) is 10.6 Å². The molecule has 21 heavy (non-hydrogen) atoms. The number of amides is 3. The number of aliphatic carboxylic acids is 1. The van der Waals surface area contributed by atoms with E-state index in [4.69, 9.17) is 16.6 Å². The molecule has 0 aromatic carbocycles. The fourth-order valence-corrected chi connectivity index (χ4v) is 1.36. The summed E-state index contributed by atoms with van der Waals surface area (Å²) in [4.78, 5) is 45.3. The van der Waals surface area contributed by atoms with E-state index in [1.807, 2.05) is 0 Å². The average Bonchev–Trinajstić information content (AvgIpc) is 2.35.